The highest BCUT2D eigenvalue weighted by molar-refractivity contribution is 5.81. The first kappa shape index (κ1) is 13.7. The van der Waals surface area contributed by atoms with Crippen LogP contribution in [0.15, 0.2) is 12.7 Å². The third-order valence-electron chi connectivity index (χ3n) is 3.36. The van der Waals surface area contributed by atoms with Crippen LogP contribution in [-0.2, 0) is 9.59 Å². The quantitative estimate of drug-likeness (QED) is 0.746. The lowest BCUT2D eigenvalue weighted by Gasteiger charge is -2.28. The summed E-state index contributed by atoms with van der Waals surface area (Å²) in [6.07, 6.45) is 3.50. The molecule has 1 aliphatic rings. The zero-order chi connectivity index (χ0) is 13.0. The van der Waals surface area contributed by atoms with Crippen LogP contribution in [0, 0.1) is 11.8 Å². The monoisotopic (exact) mass is 239 g/mol. The number of rotatable bonds is 5. The topological polar surface area (TPSA) is 57.6 Å². The zero-order valence-electron chi connectivity index (χ0n) is 10.6. The second-order valence-corrected chi connectivity index (χ2v) is 4.92. The van der Waals surface area contributed by atoms with Gasteiger partial charge in [-0.1, -0.05) is 6.08 Å². The molecular weight excluding hydrogens is 218 g/mol. The Bertz CT molecular complexity index is 312. The van der Waals surface area contributed by atoms with E-state index in [1.807, 2.05) is 13.8 Å². The number of nitrogens with zero attached hydrogens (tertiary/aromatic N) is 1. The smallest absolute Gasteiger partial charge is 0.306 e. The molecule has 0 spiro atoms. The highest BCUT2D eigenvalue weighted by atomic mass is 16.4. The first-order valence-corrected chi connectivity index (χ1v) is 6.11. The van der Waals surface area contributed by atoms with Crippen molar-refractivity contribution in [2.24, 2.45) is 11.8 Å². The van der Waals surface area contributed by atoms with E-state index in [4.69, 9.17) is 5.11 Å². The van der Waals surface area contributed by atoms with Crippen LogP contribution in [0.1, 0.15) is 33.1 Å². The number of carboxylic acids is 1. The molecule has 96 valence electrons. The first-order chi connectivity index (χ1) is 7.97. The van der Waals surface area contributed by atoms with E-state index in [2.05, 4.69) is 6.58 Å². The van der Waals surface area contributed by atoms with Crippen LogP contribution in [0.3, 0.4) is 0 Å². The maximum Gasteiger partial charge on any atom is 0.306 e. The zero-order valence-corrected chi connectivity index (χ0v) is 10.6. The molecule has 17 heavy (non-hydrogen) atoms. The minimum Gasteiger partial charge on any atom is -0.481 e. The van der Waals surface area contributed by atoms with Crippen LogP contribution >= 0.6 is 0 Å². The molecule has 1 rings (SSSR count). The van der Waals surface area contributed by atoms with Crippen molar-refractivity contribution in [3.8, 4) is 0 Å². The Morgan fingerprint density at radius 1 is 1.41 bits per heavy atom. The van der Waals surface area contributed by atoms with Crippen LogP contribution in [0.5, 0.6) is 0 Å². The maximum atomic E-state index is 12.2. The summed E-state index contributed by atoms with van der Waals surface area (Å²) in [5.74, 6) is -1.18. The van der Waals surface area contributed by atoms with Gasteiger partial charge >= 0.3 is 5.97 Å². The fourth-order valence-electron chi connectivity index (χ4n) is 2.36. The van der Waals surface area contributed by atoms with Crippen LogP contribution in [0.2, 0.25) is 0 Å². The lowest BCUT2D eigenvalue weighted by molar-refractivity contribution is -0.141. The third-order valence-corrected chi connectivity index (χ3v) is 3.36. The van der Waals surface area contributed by atoms with Gasteiger partial charge in [-0.05, 0) is 33.1 Å². The predicted octanol–water partition coefficient (Wildman–Crippen LogP) is 1.91. The number of amides is 1. The van der Waals surface area contributed by atoms with Gasteiger partial charge in [-0.2, -0.15) is 0 Å². The molecule has 0 saturated heterocycles. The standard InChI is InChI=1S/C13H21NO3/c1-4-7-14(9(2)3)12(15)10-5-6-11(8-10)13(16)17/h4,9-11H,1,5-8H2,2-3H3,(H,16,17). The minimum absolute atomic E-state index is 0.0728. The molecule has 1 aliphatic carbocycles. The largest absolute Gasteiger partial charge is 0.481 e. The predicted molar refractivity (Wildman–Crippen MR) is 65.5 cm³/mol. The Balaban J connectivity index is 2.63. The Kier molecular flexibility index (Phi) is 4.73. The average molecular weight is 239 g/mol. The number of aliphatic carboxylic acids is 1. The maximum absolute atomic E-state index is 12.2. The van der Waals surface area contributed by atoms with Gasteiger partial charge in [-0.25, -0.2) is 0 Å². The van der Waals surface area contributed by atoms with Gasteiger partial charge in [0.2, 0.25) is 5.91 Å². The molecule has 0 aliphatic heterocycles. The fourth-order valence-corrected chi connectivity index (χ4v) is 2.36. The summed E-state index contributed by atoms with van der Waals surface area (Å²) in [6, 6.07) is 0.129. The summed E-state index contributed by atoms with van der Waals surface area (Å²) >= 11 is 0. The number of carboxylic acid groups (broad SMARTS) is 1. The van der Waals surface area contributed by atoms with Gasteiger partial charge < -0.3 is 10.0 Å². The Morgan fingerprint density at radius 2 is 2.00 bits per heavy atom. The van der Waals surface area contributed by atoms with Crippen LogP contribution in [0.4, 0.5) is 0 Å². The SMILES string of the molecule is C=CCN(C(=O)C1CCC(C(=O)O)C1)C(C)C. The summed E-state index contributed by atoms with van der Waals surface area (Å²) in [5, 5.41) is 8.92. The summed E-state index contributed by atoms with van der Waals surface area (Å²) in [4.78, 5) is 24.9. The van der Waals surface area contributed by atoms with Gasteiger partial charge in [-0.3, -0.25) is 9.59 Å². The molecule has 2 unspecified atom stereocenters. The molecule has 4 heteroatoms. The molecule has 1 N–H and O–H groups in total. The van der Waals surface area contributed by atoms with Crippen LogP contribution in [0.25, 0.3) is 0 Å². The molecule has 0 bridgehead atoms. The van der Waals surface area contributed by atoms with Crippen molar-refractivity contribution < 1.29 is 14.7 Å². The van der Waals surface area contributed by atoms with Crippen molar-refractivity contribution in [1.29, 1.82) is 0 Å². The second kappa shape index (κ2) is 5.84. The molecule has 1 amide bonds. The van der Waals surface area contributed by atoms with E-state index in [0.29, 0.717) is 25.8 Å². The van der Waals surface area contributed by atoms with E-state index in [0.717, 1.165) is 0 Å². The summed E-state index contributed by atoms with van der Waals surface area (Å²) in [7, 11) is 0. The Hall–Kier alpha value is -1.32. The minimum atomic E-state index is -0.778. The average Bonchev–Trinajstić information content (AvgIpc) is 2.73. The number of hydrogen-bond donors (Lipinski definition) is 1. The summed E-state index contributed by atoms with van der Waals surface area (Å²) in [6.45, 7) is 8.11. The van der Waals surface area contributed by atoms with Crippen molar-refractivity contribution in [3.05, 3.63) is 12.7 Å². The Labute approximate surface area is 102 Å². The highest BCUT2D eigenvalue weighted by Gasteiger charge is 2.36. The Morgan fingerprint density at radius 3 is 2.41 bits per heavy atom. The second-order valence-electron chi connectivity index (χ2n) is 4.92. The number of carbonyl (C=O) groups is 2. The molecule has 2 atom stereocenters. The van der Waals surface area contributed by atoms with Gasteiger partial charge in [0.1, 0.15) is 0 Å². The molecule has 4 nitrogen and oxygen atoms in total. The van der Waals surface area contributed by atoms with Gasteiger partial charge in [0.25, 0.3) is 0 Å². The normalized spacial score (nSPS) is 23.7. The van der Waals surface area contributed by atoms with Crippen molar-refractivity contribution in [1.82, 2.24) is 4.90 Å². The van der Waals surface area contributed by atoms with Gasteiger partial charge in [0.05, 0.1) is 5.92 Å². The molecule has 1 saturated carbocycles. The van der Waals surface area contributed by atoms with E-state index >= 15 is 0 Å². The first-order valence-electron chi connectivity index (χ1n) is 6.11. The molecule has 1 fully saturated rings. The van der Waals surface area contributed by atoms with Gasteiger partial charge in [-0.15, -0.1) is 6.58 Å². The molecular formula is C13H21NO3. The highest BCUT2D eigenvalue weighted by Crippen LogP contribution is 2.32. The molecule has 0 heterocycles. The van der Waals surface area contributed by atoms with Crippen LogP contribution in [-0.4, -0.2) is 34.5 Å². The summed E-state index contributed by atoms with van der Waals surface area (Å²) < 4.78 is 0. The number of carbonyl (C=O) groups excluding carboxylic acids is 1. The molecule has 0 aromatic carbocycles. The third kappa shape index (κ3) is 3.32. The van der Waals surface area contributed by atoms with E-state index < -0.39 is 5.97 Å². The number of hydrogen-bond acceptors (Lipinski definition) is 2. The van der Waals surface area contributed by atoms with Crippen molar-refractivity contribution in [3.63, 3.8) is 0 Å². The van der Waals surface area contributed by atoms with E-state index in [1.165, 1.54) is 0 Å². The van der Waals surface area contributed by atoms with Gasteiger partial charge in [0, 0.05) is 18.5 Å². The summed E-state index contributed by atoms with van der Waals surface area (Å²) in [5.41, 5.74) is 0. The van der Waals surface area contributed by atoms with Crippen molar-refractivity contribution in [2.75, 3.05) is 6.54 Å². The molecule has 0 radical (unpaired) electrons. The van der Waals surface area contributed by atoms with Crippen LogP contribution < -0.4 is 0 Å². The van der Waals surface area contributed by atoms with E-state index in [9.17, 15) is 9.59 Å². The van der Waals surface area contributed by atoms with E-state index in [1.54, 1.807) is 11.0 Å². The van der Waals surface area contributed by atoms with Gasteiger partial charge in [0.15, 0.2) is 0 Å². The fraction of sp³-hybridized carbons (Fsp3) is 0.692. The lowest BCUT2D eigenvalue weighted by Crippen LogP contribution is -2.40. The van der Waals surface area contributed by atoms with Crippen molar-refractivity contribution >= 4 is 11.9 Å². The van der Waals surface area contributed by atoms with Crippen molar-refractivity contribution in [2.45, 2.75) is 39.2 Å². The molecule has 0 aromatic rings. The lowest BCUT2D eigenvalue weighted by atomic mass is 10.0. The van der Waals surface area contributed by atoms with E-state index in [-0.39, 0.29) is 23.8 Å². The molecule has 0 aromatic heterocycles.